The molecule has 0 aromatic heterocycles. The molecule has 8 heteroatoms. The van der Waals surface area contributed by atoms with Gasteiger partial charge in [-0.05, 0) is 84.7 Å². The van der Waals surface area contributed by atoms with E-state index in [2.05, 4.69) is 38.0 Å². The molecular formula is C25H35F3O4S. The highest BCUT2D eigenvalue weighted by molar-refractivity contribution is 7.87. The summed E-state index contributed by atoms with van der Waals surface area (Å²) in [6.45, 7) is 8.65. The molecule has 0 aromatic rings. The summed E-state index contributed by atoms with van der Waals surface area (Å²) in [5.74, 6) is 2.07. The Kier molecular flexibility index (Phi) is 6.11. The van der Waals surface area contributed by atoms with Crippen molar-refractivity contribution in [1.82, 2.24) is 0 Å². The number of rotatable bonds is 5. The Labute approximate surface area is 195 Å². The molecule has 186 valence electrons. The number of fused-ring (bicyclic) bond motifs is 5. The Morgan fingerprint density at radius 3 is 2.48 bits per heavy atom. The number of allylic oxidation sites excluding steroid dienone is 4. The van der Waals surface area contributed by atoms with Crippen molar-refractivity contribution in [3.8, 4) is 0 Å². The molecule has 0 aliphatic heterocycles. The summed E-state index contributed by atoms with van der Waals surface area (Å²) >= 11 is 0. The van der Waals surface area contributed by atoms with E-state index in [0.717, 1.165) is 37.7 Å². The lowest BCUT2D eigenvalue weighted by molar-refractivity contribution is -0.130. The molecule has 0 amide bonds. The van der Waals surface area contributed by atoms with Crippen LogP contribution in [0.4, 0.5) is 13.2 Å². The largest absolute Gasteiger partial charge is 0.534 e. The van der Waals surface area contributed by atoms with E-state index in [1.807, 2.05) is 0 Å². The fourth-order valence-electron chi connectivity index (χ4n) is 7.63. The van der Waals surface area contributed by atoms with Crippen molar-refractivity contribution in [3.05, 3.63) is 23.5 Å². The number of alkyl halides is 3. The van der Waals surface area contributed by atoms with Crippen LogP contribution in [0.1, 0.15) is 79.1 Å². The number of Topliss-reactive ketones (excluding diaryl/α,β-unsaturated/α-hetero) is 1. The van der Waals surface area contributed by atoms with Crippen molar-refractivity contribution in [2.24, 2.45) is 40.4 Å². The molecule has 4 rings (SSSR count). The van der Waals surface area contributed by atoms with Gasteiger partial charge in [0.2, 0.25) is 0 Å². The molecule has 0 bridgehead atoms. The zero-order chi connectivity index (χ0) is 24.4. The minimum atomic E-state index is -5.65. The van der Waals surface area contributed by atoms with Gasteiger partial charge in [-0.25, -0.2) is 0 Å². The fourth-order valence-corrected chi connectivity index (χ4v) is 8.13. The van der Waals surface area contributed by atoms with Crippen molar-refractivity contribution >= 4 is 15.9 Å². The molecule has 4 aliphatic carbocycles. The Morgan fingerprint density at radius 2 is 1.85 bits per heavy atom. The maximum absolute atomic E-state index is 13.0. The predicted molar refractivity (Wildman–Crippen MR) is 119 cm³/mol. The zero-order valence-corrected chi connectivity index (χ0v) is 20.7. The van der Waals surface area contributed by atoms with Crippen LogP contribution in [0.2, 0.25) is 0 Å². The molecular weight excluding hydrogens is 453 g/mol. The van der Waals surface area contributed by atoms with Crippen molar-refractivity contribution in [1.29, 1.82) is 0 Å². The number of ketones is 1. The molecule has 4 aliphatic rings. The van der Waals surface area contributed by atoms with Gasteiger partial charge in [-0.15, -0.1) is 0 Å². The molecule has 33 heavy (non-hydrogen) atoms. The molecule has 0 radical (unpaired) electrons. The summed E-state index contributed by atoms with van der Waals surface area (Å²) in [5, 5.41) is 0. The van der Waals surface area contributed by atoms with Gasteiger partial charge >= 0.3 is 15.6 Å². The lowest BCUT2D eigenvalue weighted by atomic mass is 9.48. The lowest BCUT2D eigenvalue weighted by Crippen LogP contribution is -2.50. The van der Waals surface area contributed by atoms with Gasteiger partial charge in [-0.2, -0.15) is 21.6 Å². The first-order valence-corrected chi connectivity index (χ1v) is 13.5. The van der Waals surface area contributed by atoms with Crippen molar-refractivity contribution < 1.29 is 30.6 Å². The van der Waals surface area contributed by atoms with E-state index >= 15 is 0 Å². The number of carbonyl (C=O) groups is 1. The highest BCUT2D eigenvalue weighted by atomic mass is 32.2. The topological polar surface area (TPSA) is 60.4 Å². The second-order valence-electron chi connectivity index (χ2n) is 11.5. The third-order valence-electron chi connectivity index (χ3n) is 9.23. The first kappa shape index (κ1) is 24.8. The Morgan fingerprint density at radius 1 is 1.15 bits per heavy atom. The number of hydrogen-bond donors (Lipinski definition) is 0. The van der Waals surface area contributed by atoms with Gasteiger partial charge in [0, 0.05) is 18.8 Å². The Bertz CT molecular complexity index is 980. The molecule has 0 saturated heterocycles. The van der Waals surface area contributed by atoms with Crippen molar-refractivity contribution in [2.75, 3.05) is 0 Å². The molecule has 0 aromatic carbocycles. The standard InChI is InChI=1S/C25H35F3O4S/c1-15(2)13-22(29)21-8-7-19-18-6-5-16-14-17(32-33(30,31)25(26,27)28)9-11-23(16,3)20(18)10-12-24(19,21)4/h5,14-15,18-21H,6-13H2,1-4H3/t18-,19-,20-,21+,23-,24-/m0/s1. The van der Waals surface area contributed by atoms with E-state index in [4.69, 9.17) is 0 Å². The van der Waals surface area contributed by atoms with Gasteiger partial charge in [-0.3, -0.25) is 4.79 Å². The van der Waals surface area contributed by atoms with Crippen molar-refractivity contribution in [2.45, 2.75) is 84.6 Å². The highest BCUT2D eigenvalue weighted by Gasteiger charge is 2.59. The van der Waals surface area contributed by atoms with Crippen LogP contribution in [0.25, 0.3) is 0 Å². The third-order valence-corrected chi connectivity index (χ3v) is 10.2. The molecule has 0 heterocycles. The van der Waals surface area contributed by atoms with E-state index in [1.54, 1.807) is 0 Å². The van der Waals surface area contributed by atoms with Gasteiger partial charge in [0.05, 0.1) is 0 Å². The van der Waals surface area contributed by atoms with E-state index in [1.165, 1.54) is 6.08 Å². The quantitative estimate of drug-likeness (QED) is 0.326. The SMILES string of the molecule is CC(C)CC(=O)[C@H]1CC[C@H]2[C@@H]3CC=C4C=C(OS(=O)(=O)C(F)(F)F)CC[C@]4(C)[C@H]3CC[C@]12C. The lowest BCUT2D eigenvalue weighted by Gasteiger charge is -2.57. The molecule has 4 nitrogen and oxygen atoms in total. The van der Waals surface area contributed by atoms with Crippen LogP contribution >= 0.6 is 0 Å². The van der Waals surface area contributed by atoms with E-state index in [0.29, 0.717) is 42.3 Å². The van der Waals surface area contributed by atoms with Crippen LogP contribution in [-0.2, 0) is 19.1 Å². The maximum Gasteiger partial charge on any atom is 0.534 e. The van der Waals surface area contributed by atoms with Crippen LogP contribution in [0.3, 0.4) is 0 Å². The first-order chi connectivity index (χ1) is 15.2. The molecule has 2 saturated carbocycles. The number of halogens is 3. The average Bonchev–Trinajstić information content (AvgIpc) is 3.04. The molecule has 2 fully saturated rings. The second-order valence-corrected chi connectivity index (χ2v) is 13.1. The monoisotopic (exact) mass is 488 g/mol. The van der Waals surface area contributed by atoms with Crippen LogP contribution in [0, 0.1) is 40.4 Å². The normalized spacial score (nSPS) is 38.7. The van der Waals surface area contributed by atoms with Gasteiger partial charge in [0.25, 0.3) is 0 Å². The maximum atomic E-state index is 13.0. The number of hydrogen-bond acceptors (Lipinski definition) is 4. The summed E-state index contributed by atoms with van der Waals surface area (Å²) in [4.78, 5) is 13.0. The van der Waals surface area contributed by atoms with Crippen LogP contribution in [0.15, 0.2) is 23.5 Å². The highest BCUT2D eigenvalue weighted by Crippen LogP contribution is 2.66. The Balaban J connectivity index is 1.57. The molecule has 6 atom stereocenters. The molecule has 0 N–H and O–H groups in total. The van der Waals surface area contributed by atoms with Crippen LogP contribution in [-0.4, -0.2) is 19.7 Å². The summed E-state index contributed by atoms with van der Waals surface area (Å²) in [6, 6.07) is 0. The van der Waals surface area contributed by atoms with Gasteiger partial charge < -0.3 is 4.18 Å². The summed E-state index contributed by atoms with van der Waals surface area (Å²) < 4.78 is 65.7. The number of carbonyl (C=O) groups excluding carboxylic acids is 1. The minimum absolute atomic E-state index is 0.0222. The van der Waals surface area contributed by atoms with Gasteiger partial charge in [-0.1, -0.05) is 33.8 Å². The first-order valence-electron chi connectivity index (χ1n) is 12.1. The summed E-state index contributed by atoms with van der Waals surface area (Å²) in [6.07, 6.45) is 9.79. The Hall–Kier alpha value is -1.31. The van der Waals surface area contributed by atoms with E-state index in [9.17, 15) is 26.4 Å². The smallest absolute Gasteiger partial charge is 0.381 e. The second kappa shape index (κ2) is 8.13. The average molecular weight is 489 g/mol. The zero-order valence-electron chi connectivity index (χ0n) is 19.9. The van der Waals surface area contributed by atoms with Gasteiger partial charge in [0.15, 0.2) is 0 Å². The summed E-state index contributed by atoms with van der Waals surface area (Å²) in [7, 11) is -5.65. The molecule has 0 spiro atoms. The van der Waals surface area contributed by atoms with E-state index in [-0.39, 0.29) is 28.9 Å². The van der Waals surface area contributed by atoms with E-state index < -0.39 is 15.6 Å². The van der Waals surface area contributed by atoms with Crippen LogP contribution < -0.4 is 0 Å². The van der Waals surface area contributed by atoms with Gasteiger partial charge in [0.1, 0.15) is 11.5 Å². The van der Waals surface area contributed by atoms with Crippen molar-refractivity contribution in [3.63, 3.8) is 0 Å². The van der Waals surface area contributed by atoms with Crippen LogP contribution in [0.5, 0.6) is 0 Å². The summed E-state index contributed by atoms with van der Waals surface area (Å²) in [5.41, 5.74) is -4.72. The molecule has 0 unspecified atom stereocenters. The predicted octanol–water partition coefficient (Wildman–Crippen LogP) is 6.54. The fraction of sp³-hybridized carbons (Fsp3) is 0.800. The third kappa shape index (κ3) is 4.08. The minimum Gasteiger partial charge on any atom is -0.381 e.